The number of hydrogen-bond donors (Lipinski definition) is 8. The molecule has 4 aromatic rings. The summed E-state index contributed by atoms with van der Waals surface area (Å²) in [5.41, 5.74) is 4.19. The highest BCUT2D eigenvalue weighted by atomic mass is 16.3. The van der Waals surface area contributed by atoms with E-state index in [1.165, 1.54) is 0 Å². The van der Waals surface area contributed by atoms with E-state index < -0.39 is 60.3 Å². The van der Waals surface area contributed by atoms with E-state index in [-0.39, 0.29) is 99.4 Å². The molecule has 8 amide bonds. The molecule has 20 heteroatoms. The maximum Gasteiger partial charge on any atom is 0.251 e. The molecule has 8 N–H and O–H groups in total. The lowest BCUT2D eigenvalue weighted by Crippen LogP contribution is -2.58. The van der Waals surface area contributed by atoms with Crippen molar-refractivity contribution in [3.63, 3.8) is 0 Å². The molecular weight excluding hydrogens is 1120 g/mol. The van der Waals surface area contributed by atoms with Gasteiger partial charge in [0.2, 0.25) is 35.4 Å². The number of carbonyl (C=O) groups excluding carboxylic acids is 8. The third-order valence-electron chi connectivity index (χ3n) is 18.4. The minimum atomic E-state index is -0.810. The van der Waals surface area contributed by atoms with Gasteiger partial charge in [-0.25, -0.2) is 0 Å². The molecule has 20 nitrogen and oxygen atoms in total. The van der Waals surface area contributed by atoms with Crippen LogP contribution in [-0.2, 0) is 41.6 Å². The zero-order valence-corrected chi connectivity index (χ0v) is 51.7. The average Bonchev–Trinajstić information content (AvgIpc) is 4.20. The van der Waals surface area contributed by atoms with E-state index in [1.807, 2.05) is 60.7 Å². The third-order valence-corrected chi connectivity index (χ3v) is 18.4. The molecule has 0 bridgehead atoms. The number of likely N-dealkylation sites (N-methyl/N-ethyl adjacent to an activating group) is 2. The van der Waals surface area contributed by atoms with Gasteiger partial charge in [-0.05, 0) is 138 Å². The summed E-state index contributed by atoms with van der Waals surface area (Å²) in [5, 5.41) is 39.6. The van der Waals surface area contributed by atoms with Crippen LogP contribution in [0.5, 0.6) is 0 Å². The fourth-order valence-electron chi connectivity index (χ4n) is 12.9. The lowest BCUT2D eigenvalue weighted by Gasteiger charge is -2.36. The Morgan fingerprint density at radius 2 is 0.852 bits per heavy atom. The monoisotopic (exact) mass is 1210 g/mol. The van der Waals surface area contributed by atoms with Gasteiger partial charge in [-0.2, -0.15) is 0 Å². The normalized spacial score (nSPS) is 20.2. The topological polar surface area (TPSA) is 262 Å². The molecule has 2 saturated carbocycles. The average molecular weight is 1210 g/mol. The van der Waals surface area contributed by atoms with E-state index in [9.17, 15) is 48.6 Å². The minimum absolute atomic E-state index is 0.0473. The van der Waals surface area contributed by atoms with Crippen LogP contribution < -0.4 is 31.9 Å². The molecule has 4 fully saturated rings. The number of aliphatic hydroxyl groups is 2. The Morgan fingerprint density at radius 3 is 1.19 bits per heavy atom. The quantitative estimate of drug-likeness (QED) is 0.0418. The standard InChI is InChI=1S/C68H92N10O10/c1-45(69-3)63(83)73-61(51-21-13-7-14-22-51)67(87)77-43-57(79)37-55(77)41-75(35-33-47-17-9-5-10-18-47)59(81)39-71-65(85)53-29-25-49(26-30-53)50-27-31-54(32-28-50)66(86)72-40-60(82)76(36-34-48-19-11-6-12-20-48)42-56-38-58(80)44-78(56)68(88)62(52-23-15-8-16-24-52)74-64(84)46(2)70-4/h5-6,9-12,17-20,25-32,45-46,51-52,55-58,61-62,69-70,79-80H,7-8,13-16,21-24,33-44H2,1-4H3,(H,71,85)(H,72,86)(H,73,83)(H,74,84)/t45-,46-,55-,56-,57-,58-,61-,62-/m0/s1. The number of likely N-dealkylation sites (tertiary alicyclic amines) is 2. The first-order chi connectivity index (χ1) is 42.5. The Labute approximate surface area is 518 Å². The summed E-state index contributed by atoms with van der Waals surface area (Å²) < 4.78 is 0. The van der Waals surface area contributed by atoms with Crippen LogP contribution >= 0.6 is 0 Å². The van der Waals surface area contributed by atoms with Gasteiger partial charge in [0.05, 0.1) is 49.5 Å². The molecule has 2 saturated heterocycles. The van der Waals surface area contributed by atoms with Gasteiger partial charge >= 0.3 is 0 Å². The number of β-amino-alcohol motifs (C(OH)–C–C–N with tert-alkyl or cyclic N) is 2. The highest BCUT2D eigenvalue weighted by molar-refractivity contribution is 5.98. The second-order valence-electron chi connectivity index (χ2n) is 24.5. The molecule has 0 aromatic heterocycles. The number of nitrogens with zero attached hydrogens (tertiary/aromatic N) is 4. The molecule has 8 atom stereocenters. The second kappa shape index (κ2) is 32.6. The smallest absolute Gasteiger partial charge is 0.251 e. The van der Waals surface area contributed by atoms with Gasteiger partial charge in [0, 0.05) is 50.4 Å². The lowest BCUT2D eigenvalue weighted by atomic mass is 9.83. The Balaban J connectivity index is 0.876. The van der Waals surface area contributed by atoms with E-state index in [1.54, 1.807) is 96.1 Å². The van der Waals surface area contributed by atoms with Crippen molar-refractivity contribution in [1.29, 1.82) is 0 Å². The SMILES string of the molecule is CN[C@@H](C)C(=O)N[C@H](C(=O)N1C[C@@H](O)C[C@H]1CN(CCc1ccccc1)C(=O)CNC(=O)c1ccc(-c2ccc(C(=O)NCC(=O)N(CCc3ccccc3)C[C@@H]3C[C@H](O)CN3C(=O)[C@@H](NC(=O)[C@H](C)NC)C3CCCCC3)cc2)cc1)C1CCCCC1. The summed E-state index contributed by atoms with van der Waals surface area (Å²) in [6.45, 7) is 3.88. The van der Waals surface area contributed by atoms with Crippen molar-refractivity contribution in [3.8, 4) is 11.1 Å². The first-order valence-corrected chi connectivity index (χ1v) is 31.8. The lowest BCUT2D eigenvalue weighted by molar-refractivity contribution is -0.141. The van der Waals surface area contributed by atoms with Gasteiger partial charge in [-0.3, -0.25) is 38.4 Å². The van der Waals surface area contributed by atoms with Crippen molar-refractivity contribution in [1.82, 2.24) is 51.5 Å². The largest absolute Gasteiger partial charge is 0.391 e. The zero-order chi connectivity index (χ0) is 62.7. The van der Waals surface area contributed by atoms with Crippen LogP contribution in [0.2, 0.25) is 0 Å². The van der Waals surface area contributed by atoms with Gasteiger partial charge in [0.15, 0.2) is 0 Å². The Morgan fingerprint density at radius 1 is 0.500 bits per heavy atom. The summed E-state index contributed by atoms with van der Waals surface area (Å²) in [6, 6.07) is 29.6. The predicted octanol–water partition coefficient (Wildman–Crippen LogP) is 4.23. The molecule has 2 aliphatic heterocycles. The first kappa shape index (κ1) is 66.4. The fraction of sp³-hybridized carbons (Fsp3) is 0.529. The van der Waals surface area contributed by atoms with E-state index in [2.05, 4.69) is 31.9 Å². The van der Waals surface area contributed by atoms with Crippen molar-refractivity contribution < 1.29 is 48.6 Å². The maximum atomic E-state index is 14.5. The van der Waals surface area contributed by atoms with Gasteiger partial charge in [0.25, 0.3) is 11.8 Å². The van der Waals surface area contributed by atoms with Gasteiger partial charge < -0.3 is 61.7 Å². The van der Waals surface area contributed by atoms with Crippen LogP contribution in [0.4, 0.5) is 0 Å². The predicted molar refractivity (Wildman–Crippen MR) is 336 cm³/mol. The van der Waals surface area contributed by atoms with Crippen molar-refractivity contribution in [3.05, 3.63) is 131 Å². The molecule has 0 unspecified atom stereocenters. The molecule has 474 valence electrons. The highest BCUT2D eigenvalue weighted by Gasteiger charge is 2.44. The van der Waals surface area contributed by atoms with E-state index in [0.717, 1.165) is 86.5 Å². The molecule has 4 aromatic carbocycles. The van der Waals surface area contributed by atoms with Crippen molar-refractivity contribution in [2.24, 2.45) is 11.8 Å². The van der Waals surface area contributed by atoms with Crippen LogP contribution in [0.3, 0.4) is 0 Å². The summed E-state index contributed by atoms with van der Waals surface area (Å²) in [4.78, 5) is 118. The summed E-state index contributed by atoms with van der Waals surface area (Å²) in [5.74, 6) is -2.79. The molecule has 8 rings (SSSR count). The number of amides is 8. The summed E-state index contributed by atoms with van der Waals surface area (Å²) in [7, 11) is 3.38. The van der Waals surface area contributed by atoms with Crippen molar-refractivity contribution in [2.75, 3.05) is 66.5 Å². The van der Waals surface area contributed by atoms with Crippen molar-refractivity contribution >= 4 is 47.3 Å². The number of benzene rings is 4. The minimum Gasteiger partial charge on any atom is -0.391 e. The van der Waals surface area contributed by atoms with Crippen LogP contribution in [0.1, 0.15) is 123 Å². The second-order valence-corrected chi connectivity index (χ2v) is 24.5. The molecular formula is C68H92N10O10. The number of carbonyl (C=O) groups is 8. The van der Waals surface area contributed by atoms with Crippen LogP contribution in [0.25, 0.3) is 11.1 Å². The highest BCUT2D eigenvalue weighted by Crippen LogP contribution is 2.32. The van der Waals surface area contributed by atoms with E-state index >= 15 is 0 Å². The Hall–Kier alpha value is -7.52. The van der Waals surface area contributed by atoms with Gasteiger partial charge in [-0.1, -0.05) is 123 Å². The first-order valence-electron chi connectivity index (χ1n) is 31.8. The Kier molecular flexibility index (Phi) is 24.6. The third kappa shape index (κ3) is 18.3. The molecule has 88 heavy (non-hydrogen) atoms. The molecule has 4 aliphatic rings. The van der Waals surface area contributed by atoms with Gasteiger partial charge in [-0.15, -0.1) is 0 Å². The number of rotatable bonds is 27. The molecule has 2 aliphatic carbocycles. The number of aliphatic hydroxyl groups excluding tert-OH is 2. The van der Waals surface area contributed by atoms with Crippen LogP contribution in [0, 0.1) is 11.8 Å². The number of nitrogens with one attached hydrogen (secondary N) is 6. The van der Waals surface area contributed by atoms with E-state index in [0.29, 0.717) is 37.1 Å². The van der Waals surface area contributed by atoms with E-state index in [4.69, 9.17) is 0 Å². The molecule has 2 heterocycles. The molecule has 0 spiro atoms. The zero-order valence-electron chi connectivity index (χ0n) is 51.7. The van der Waals surface area contributed by atoms with Crippen molar-refractivity contribution in [2.45, 2.75) is 152 Å². The summed E-state index contributed by atoms with van der Waals surface area (Å²) >= 11 is 0. The van der Waals surface area contributed by atoms with Gasteiger partial charge in [0.1, 0.15) is 12.1 Å². The Bertz CT molecular complexity index is 2760. The number of hydrogen-bond acceptors (Lipinski definition) is 12. The fourth-order valence-corrected chi connectivity index (χ4v) is 12.9. The molecule has 0 radical (unpaired) electrons. The van der Waals surface area contributed by atoms with Crippen LogP contribution in [0.15, 0.2) is 109 Å². The maximum absolute atomic E-state index is 14.5. The summed E-state index contributed by atoms with van der Waals surface area (Å²) in [6.07, 6.45) is 9.14. The van der Waals surface area contributed by atoms with Crippen LogP contribution in [-0.4, -0.2) is 192 Å².